The van der Waals surface area contributed by atoms with Gasteiger partial charge in [-0.3, -0.25) is 4.79 Å². The molecule has 156 valence electrons. The summed E-state index contributed by atoms with van der Waals surface area (Å²) in [7, 11) is 0. The number of fused-ring (bicyclic) bond motifs is 1. The molecule has 0 spiro atoms. The van der Waals surface area contributed by atoms with E-state index in [0.29, 0.717) is 23.4 Å². The van der Waals surface area contributed by atoms with Gasteiger partial charge in [-0.2, -0.15) is 0 Å². The minimum atomic E-state index is -0.365. The maximum Gasteiger partial charge on any atom is 0.319 e. The molecule has 8 heteroatoms. The lowest BCUT2D eigenvalue weighted by molar-refractivity contribution is 0.0950. The summed E-state index contributed by atoms with van der Waals surface area (Å²) in [6, 6.07) is 20.2. The molecular formula is C23H19FN4O2S. The van der Waals surface area contributed by atoms with E-state index in [1.807, 2.05) is 24.3 Å². The standard InChI is InChI=1S/C23H19FN4O2S/c24-18-6-2-1-5-16(18)13-25-22(29)15-9-11-17(12-10-15)27-23(30)26-14-21-28-19-7-3-4-8-20(19)31-21/h1-12H,13-14H2,(H,25,29)(H2,26,27,30). The lowest BCUT2D eigenvalue weighted by Crippen LogP contribution is -2.28. The first-order chi connectivity index (χ1) is 15.1. The van der Waals surface area contributed by atoms with Gasteiger partial charge in [-0.15, -0.1) is 11.3 Å². The molecule has 1 aromatic heterocycles. The van der Waals surface area contributed by atoms with Gasteiger partial charge >= 0.3 is 6.03 Å². The zero-order valence-corrected chi connectivity index (χ0v) is 17.2. The van der Waals surface area contributed by atoms with Gasteiger partial charge in [-0.25, -0.2) is 14.2 Å². The van der Waals surface area contributed by atoms with Crippen LogP contribution >= 0.6 is 11.3 Å². The molecule has 0 radical (unpaired) electrons. The predicted molar refractivity (Wildman–Crippen MR) is 119 cm³/mol. The molecule has 0 aliphatic carbocycles. The fraction of sp³-hybridized carbons (Fsp3) is 0.0870. The van der Waals surface area contributed by atoms with Crippen LogP contribution in [0.1, 0.15) is 20.9 Å². The third-order valence-electron chi connectivity index (χ3n) is 4.54. The number of anilines is 1. The zero-order valence-electron chi connectivity index (χ0n) is 16.4. The number of aromatic nitrogens is 1. The second-order valence-corrected chi connectivity index (χ2v) is 7.85. The van der Waals surface area contributed by atoms with E-state index in [9.17, 15) is 14.0 Å². The average Bonchev–Trinajstić information content (AvgIpc) is 3.20. The van der Waals surface area contributed by atoms with Crippen molar-refractivity contribution in [3.63, 3.8) is 0 Å². The molecule has 0 aliphatic heterocycles. The number of amides is 3. The van der Waals surface area contributed by atoms with Gasteiger partial charge in [-0.1, -0.05) is 30.3 Å². The monoisotopic (exact) mass is 434 g/mol. The molecule has 0 aliphatic rings. The molecule has 4 aromatic rings. The van der Waals surface area contributed by atoms with Crippen molar-refractivity contribution in [1.82, 2.24) is 15.6 Å². The molecule has 0 fully saturated rings. The Morgan fingerprint density at radius 1 is 0.871 bits per heavy atom. The number of thiazole rings is 1. The highest BCUT2D eigenvalue weighted by Gasteiger charge is 2.09. The highest BCUT2D eigenvalue weighted by molar-refractivity contribution is 7.18. The summed E-state index contributed by atoms with van der Waals surface area (Å²) in [5, 5.41) is 8.99. The molecule has 4 rings (SSSR count). The van der Waals surface area contributed by atoms with Crippen LogP contribution < -0.4 is 16.0 Å². The van der Waals surface area contributed by atoms with Crippen LogP contribution in [0.5, 0.6) is 0 Å². The van der Waals surface area contributed by atoms with Crippen molar-refractivity contribution in [1.29, 1.82) is 0 Å². The number of halogens is 1. The highest BCUT2D eigenvalue weighted by atomic mass is 32.1. The lowest BCUT2D eigenvalue weighted by atomic mass is 10.1. The summed E-state index contributed by atoms with van der Waals surface area (Å²) < 4.78 is 14.7. The first-order valence-corrected chi connectivity index (χ1v) is 10.4. The summed E-state index contributed by atoms with van der Waals surface area (Å²) in [6.07, 6.45) is 0. The fourth-order valence-electron chi connectivity index (χ4n) is 2.95. The number of nitrogens with zero attached hydrogens (tertiary/aromatic N) is 1. The number of carbonyl (C=O) groups excluding carboxylic acids is 2. The summed E-state index contributed by atoms with van der Waals surface area (Å²) in [6.45, 7) is 0.418. The van der Waals surface area contributed by atoms with Crippen molar-refractivity contribution < 1.29 is 14.0 Å². The van der Waals surface area contributed by atoms with Crippen molar-refractivity contribution in [3.8, 4) is 0 Å². The largest absolute Gasteiger partial charge is 0.348 e. The summed E-state index contributed by atoms with van der Waals surface area (Å²) in [5.41, 5.74) is 2.29. The van der Waals surface area contributed by atoms with E-state index in [0.717, 1.165) is 15.2 Å². The first kappa shape index (κ1) is 20.5. The number of nitrogens with one attached hydrogen (secondary N) is 3. The van der Waals surface area contributed by atoms with Crippen LogP contribution in [0, 0.1) is 5.82 Å². The van der Waals surface area contributed by atoms with Crippen LogP contribution in [0.15, 0.2) is 72.8 Å². The highest BCUT2D eigenvalue weighted by Crippen LogP contribution is 2.21. The molecule has 31 heavy (non-hydrogen) atoms. The fourth-order valence-corrected chi connectivity index (χ4v) is 3.86. The Labute approximate surface area is 182 Å². The topological polar surface area (TPSA) is 83.1 Å². The quantitative estimate of drug-likeness (QED) is 0.412. The Kier molecular flexibility index (Phi) is 6.18. The van der Waals surface area contributed by atoms with Gasteiger partial charge in [0.2, 0.25) is 0 Å². The van der Waals surface area contributed by atoms with Crippen LogP contribution in [-0.2, 0) is 13.1 Å². The second kappa shape index (κ2) is 9.36. The number of urea groups is 1. The van der Waals surface area contributed by atoms with Crippen LogP contribution in [0.3, 0.4) is 0 Å². The number of hydrogen-bond acceptors (Lipinski definition) is 4. The van der Waals surface area contributed by atoms with Gasteiger partial charge in [0.15, 0.2) is 0 Å². The van der Waals surface area contributed by atoms with Crippen LogP contribution in [0.4, 0.5) is 14.9 Å². The van der Waals surface area contributed by atoms with Gasteiger partial charge in [0.25, 0.3) is 5.91 Å². The van der Waals surface area contributed by atoms with Gasteiger partial charge in [-0.05, 0) is 42.5 Å². The molecule has 3 N–H and O–H groups in total. The third kappa shape index (κ3) is 5.23. The minimum absolute atomic E-state index is 0.0969. The molecular weight excluding hydrogens is 415 g/mol. The number of rotatable bonds is 6. The molecule has 6 nitrogen and oxygen atoms in total. The predicted octanol–water partition coefficient (Wildman–Crippen LogP) is 4.69. The smallest absolute Gasteiger partial charge is 0.319 e. The average molecular weight is 434 g/mol. The van der Waals surface area contributed by atoms with Gasteiger partial charge in [0.05, 0.1) is 16.8 Å². The van der Waals surface area contributed by atoms with Crippen LogP contribution in [-0.4, -0.2) is 16.9 Å². The number of hydrogen-bond donors (Lipinski definition) is 3. The minimum Gasteiger partial charge on any atom is -0.348 e. The molecule has 3 aromatic carbocycles. The maximum absolute atomic E-state index is 13.6. The van der Waals surface area contributed by atoms with E-state index in [-0.39, 0.29) is 24.3 Å². The van der Waals surface area contributed by atoms with Crippen molar-refractivity contribution in [3.05, 3.63) is 94.7 Å². The van der Waals surface area contributed by atoms with Crippen LogP contribution in [0.25, 0.3) is 10.2 Å². The zero-order chi connectivity index (χ0) is 21.6. The SMILES string of the molecule is O=C(NCc1nc2ccccc2s1)Nc1ccc(C(=O)NCc2ccccc2F)cc1. The van der Waals surface area contributed by atoms with Gasteiger partial charge < -0.3 is 16.0 Å². The summed E-state index contributed by atoms with van der Waals surface area (Å²) >= 11 is 1.53. The van der Waals surface area contributed by atoms with E-state index >= 15 is 0 Å². The molecule has 0 saturated heterocycles. The van der Waals surface area contributed by atoms with E-state index < -0.39 is 0 Å². The molecule has 0 unspecified atom stereocenters. The Balaban J connectivity index is 1.27. The molecule has 0 saturated carbocycles. The van der Waals surface area contributed by atoms with Crippen LogP contribution in [0.2, 0.25) is 0 Å². The molecule has 1 heterocycles. The summed E-state index contributed by atoms with van der Waals surface area (Å²) in [4.78, 5) is 28.9. The molecule has 0 bridgehead atoms. The molecule has 3 amide bonds. The third-order valence-corrected chi connectivity index (χ3v) is 5.58. The van der Waals surface area contributed by atoms with E-state index in [4.69, 9.17) is 0 Å². The normalized spacial score (nSPS) is 10.6. The molecule has 0 atom stereocenters. The Morgan fingerprint density at radius 3 is 2.39 bits per heavy atom. The number of benzene rings is 3. The first-order valence-electron chi connectivity index (χ1n) is 9.59. The van der Waals surface area contributed by atoms with E-state index in [2.05, 4.69) is 20.9 Å². The number of para-hydroxylation sites is 1. The second-order valence-electron chi connectivity index (χ2n) is 6.73. The Bertz CT molecular complexity index is 1190. The Hall–Kier alpha value is -3.78. The van der Waals surface area contributed by atoms with Gasteiger partial charge in [0.1, 0.15) is 10.8 Å². The summed E-state index contributed by atoms with van der Waals surface area (Å²) in [5.74, 6) is -0.686. The lowest BCUT2D eigenvalue weighted by Gasteiger charge is -2.09. The number of carbonyl (C=O) groups is 2. The van der Waals surface area contributed by atoms with Crippen molar-refractivity contribution in [2.24, 2.45) is 0 Å². The maximum atomic E-state index is 13.6. The van der Waals surface area contributed by atoms with Crippen molar-refractivity contribution >= 4 is 39.2 Å². The van der Waals surface area contributed by atoms with Crippen molar-refractivity contribution in [2.75, 3.05) is 5.32 Å². The van der Waals surface area contributed by atoms with Crippen molar-refractivity contribution in [2.45, 2.75) is 13.1 Å². The van der Waals surface area contributed by atoms with Gasteiger partial charge in [0, 0.05) is 23.4 Å². The van der Waals surface area contributed by atoms with E-state index in [1.54, 1.807) is 42.5 Å². The van der Waals surface area contributed by atoms with E-state index in [1.165, 1.54) is 17.4 Å². The Morgan fingerprint density at radius 2 is 1.61 bits per heavy atom.